The largest absolute Gasteiger partial charge is 0.493 e. The van der Waals surface area contributed by atoms with E-state index >= 15 is 0 Å². The van der Waals surface area contributed by atoms with Gasteiger partial charge in [-0.05, 0) is 37.1 Å². The predicted molar refractivity (Wildman–Crippen MR) is 77.9 cm³/mol. The molecule has 2 aromatic rings. The highest BCUT2D eigenvalue weighted by Crippen LogP contribution is 2.29. The molecule has 0 radical (unpaired) electrons. The van der Waals surface area contributed by atoms with Crippen molar-refractivity contribution in [3.63, 3.8) is 0 Å². The van der Waals surface area contributed by atoms with Crippen LogP contribution in [0.3, 0.4) is 0 Å². The highest BCUT2D eigenvalue weighted by Gasteiger charge is 2.08. The maximum absolute atomic E-state index is 5.83. The van der Waals surface area contributed by atoms with Gasteiger partial charge in [0.25, 0.3) is 0 Å². The zero-order valence-corrected chi connectivity index (χ0v) is 12.2. The molecule has 0 amide bonds. The summed E-state index contributed by atoms with van der Waals surface area (Å²) in [6.07, 6.45) is 2.70. The maximum atomic E-state index is 5.83. The smallest absolute Gasteiger partial charge is 0.162 e. The first-order chi connectivity index (χ1) is 9.58. The molecule has 1 aromatic carbocycles. The summed E-state index contributed by atoms with van der Waals surface area (Å²) in [5.74, 6) is 1.44. The van der Waals surface area contributed by atoms with Gasteiger partial charge in [-0.2, -0.15) is 5.10 Å². The number of aryl methyl sites for hydroxylation is 1. The average Bonchev–Trinajstić information content (AvgIpc) is 2.82. The Morgan fingerprint density at radius 2 is 2.10 bits per heavy atom. The van der Waals surface area contributed by atoms with Crippen LogP contribution in [0, 0.1) is 0 Å². The minimum Gasteiger partial charge on any atom is -0.493 e. The SMILES string of the molecule is COc1ccc(CC(C)N)cc1OCc1ccn(C)n1. The Morgan fingerprint density at radius 1 is 1.30 bits per heavy atom. The Morgan fingerprint density at radius 3 is 2.70 bits per heavy atom. The third kappa shape index (κ3) is 3.74. The minimum absolute atomic E-state index is 0.118. The molecule has 0 saturated heterocycles. The Kier molecular flexibility index (Phi) is 4.63. The number of nitrogens with two attached hydrogens (primary N) is 1. The fourth-order valence-corrected chi connectivity index (χ4v) is 2.02. The zero-order valence-electron chi connectivity index (χ0n) is 12.2. The molecule has 0 aliphatic rings. The number of benzene rings is 1. The number of methoxy groups -OCH3 is 1. The van der Waals surface area contributed by atoms with Crippen LogP contribution in [-0.4, -0.2) is 22.9 Å². The van der Waals surface area contributed by atoms with Crippen LogP contribution in [0.4, 0.5) is 0 Å². The monoisotopic (exact) mass is 275 g/mol. The van der Waals surface area contributed by atoms with Gasteiger partial charge in [-0.3, -0.25) is 4.68 Å². The lowest BCUT2D eigenvalue weighted by atomic mass is 10.1. The predicted octanol–water partition coefficient (Wildman–Crippen LogP) is 1.90. The summed E-state index contributed by atoms with van der Waals surface area (Å²) in [4.78, 5) is 0. The van der Waals surface area contributed by atoms with Gasteiger partial charge >= 0.3 is 0 Å². The van der Waals surface area contributed by atoms with Crippen molar-refractivity contribution in [1.82, 2.24) is 9.78 Å². The second-order valence-corrected chi connectivity index (χ2v) is 4.94. The molecule has 1 heterocycles. The lowest BCUT2D eigenvalue weighted by Crippen LogP contribution is -2.17. The highest BCUT2D eigenvalue weighted by atomic mass is 16.5. The molecule has 2 N–H and O–H groups in total. The van der Waals surface area contributed by atoms with Gasteiger partial charge in [0, 0.05) is 19.3 Å². The normalized spacial score (nSPS) is 12.2. The van der Waals surface area contributed by atoms with Crippen molar-refractivity contribution in [3.05, 3.63) is 41.7 Å². The number of ether oxygens (including phenoxy) is 2. The summed E-state index contributed by atoms with van der Waals surface area (Å²) >= 11 is 0. The molecule has 0 spiro atoms. The van der Waals surface area contributed by atoms with Crippen LogP contribution in [0.2, 0.25) is 0 Å². The van der Waals surface area contributed by atoms with Crippen LogP contribution in [0.15, 0.2) is 30.5 Å². The van der Waals surface area contributed by atoms with E-state index in [2.05, 4.69) is 5.10 Å². The number of nitrogens with zero attached hydrogens (tertiary/aromatic N) is 2. The van der Waals surface area contributed by atoms with E-state index in [9.17, 15) is 0 Å². The van der Waals surface area contributed by atoms with Crippen molar-refractivity contribution in [2.24, 2.45) is 12.8 Å². The lowest BCUT2D eigenvalue weighted by molar-refractivity contribution is 0.279. The van der Waals surface area contributed by atoms with E-state index in [0.717, 1.165) is 23.4 Å². The lowest BCUT2D eigenvalue weighted by Gasteiger charge is -2.12. The molecule has 0 bridgehead atoms. The minimum atomic E-state index is 0.118. The van der Waals surface area contributed by atoms with E-state index in [0.29, 0.717) is 12.4 Å². The van der Waals surface area contributed by atoms with Crippen molar-refractivity contribution >= 4 is 0 Å². The van der Waals surface area contributed by atoms with Crippen LogP contribution in [0.5, 0.6) is 11.5 Å². The summed E-state index contributed by atoms with van der Waals surface area (Å²) in [6, 6.07) is 7.94. The molecule has 5 heteroatoms. The maximum Gasteiger partial charge on any atom is 0.162 e. The van der Waals surface area contributed by atoms with Crippen molar-refractivity contribution in [1.29, 1.82) is 0 Å². The number of hydrogen-bond donors (Lipinski definition) is 1. The molecular weight excluding hydrogens is 254 g/mol. The van der Waals surface area contributed by atoms with E-state index in [1.165, 1.54) is 0 Å². The first-order valence-electron chi connectivity index (χ1n) is 6.62. The summed E-state index contributed by atoms with van der Waals surface area (Å²) < 4.78 is 12.9. The fourth-order valence-electron chi connectivity index (χ4n) is 2.02. The molecule has 0 saturated carbocycles. The molecular formula is C15H21N3O2. The first-order valence-corrected chi connectivity index (χ1v) is 6.62. The molecule has 1 aromatic heterocycles. The van der Waals surface area contributed by atoms with Gasteiger partial charge in [-0.1, -0.05) is 6.07 Å². The van der Waals surface area contributed by atoms with Crippen LogP contribution in [0.25, 0.3) is 0 Å². The number of hydrogen-bond acceptors (Lipinski definition) is 4. The van der Waals surface area contributed by atoms with Gasteiger partial charge in [-0.25, -0.2) is 0 Å². The molecule has 20 heavy (non-hydrogen) atoms. The molecule has 0 aliphatic carbocycles. The van der Waals surface area contributed by atoms with Gasteiger partial charge in [0.1, 0.15) is 6.61 Å². The molecule has 0 fully saturated rings. The topological polar surface area (TPSA) is 62.3 Å². The summed E-state index contributed by atoms with van der Waals surface area (Å²) in [7, 11) is 3.52. The standard InChI is InChI=1S/C15H21N3O2/c1-11(16)8-12-4-5-14(19-3)15(9-12)20-10-13-6-7-18(2)17-13/h4-7,9,11H,8,10,16H2,1-3H3. The van der Waals surface area contributed by atoms with Gasteiger partial charge in [-0.15, -0.1) is 0 Å². The first kappa shape index (κ1) is 14.4. The molecule has 1 atom stereocenters. The van der Waals surface area contributed by atoms with Gasteiger partial charge in [0.05, 0.1) is 12.8 Å². The molecule has 5 nitrogen and oxygen atoms in total. The second kappa shape index (κ2) is 6.43. The van der Waals surface area contributed by atoms with E-state index in [4.69, 9.17) is 15.2 Å². The van der Waals surface area contributed by atoms with Crippen molar-refractivity contribution < 1.29 is 9.47 Å². The fraction of sp³-hybridized carbons (Fsp3) is 0.400. The van der Waals surface area contributed by atoms with Crippen molar-refractivity contribution in [3.8, 4) is 11.5 Å². The Hall–Kier alpha value is -2.01. The van der Waals surface area contributed by atoms with Crippen molar-refractivity contribution in [2.45, 2.75) is 26.0 Å². The second-order valence-electron chi connectivity index (χ2n) is 4.94. The highest BCUT2D eigenvalue weighted by molar-refractivity contribution is 5.43. The van der Waals surface area contributed by atoms with Gasteiger partial charge < -0.3 is 15.2 Å². The summed E-state index contributed by atoms with van der Waals surface area (Å²) in [6.45, 7) is 2.40. The van der Waals surface area contributed by atoms with Crippen LogP contribution in [-0.2, 0) is 20.1 Å². The zero-order chi connectivity index (χ0) is 14.5. The van der Waals surface area contributed by atoms with Gasteiger partial charge in [0.15, 0.2) is 11.5 Å². The van der Waals surface area contributed by atoms with E-state index in [1.807, 2.05) is 44.4 Å². The van der Waals surface area contributed by atoms with E-state index in [-0.39, 0.29) is 6.04 Å². The quantitative estimate of drug-likeness (QED) is 0.874. The third-order valence-corrected chi connectivity index (χ3v) is 2.93. The molecule has 108 valence electrons. The number of rotatable bonds is 6. The Bertz CT molecular complexity index is 564. The van der Waals surface area contributed by atoms with Crippen LogP contribution >= 0.6 is 0 Å². The average molecular weight is 275 g/mol. The summed E-state index contributed by atoms with van der Waals surface area (Å²) in [5, 5.41) is 4.28. The Labute approximate surface area is 119 Å². The molecule has 0 aliphatic heterocycles. The number of aromatic nitrogens is 2. The molecule has 1 unspecified atom stereocenters. The van der Waals surface area contributed by atoms with Crippen LogP contribution in [0.1, 0.15) is 18.2 Å². The third-order valence-electron chi connectivity index (χ3n) is 2.93. The van der Waals surface area contributed by atoms with Crippen LogP contribution < -0.4 is 15.2 Å². The molecule has 2 rings (SSSR count). The summed E-state index contributed by atoms with van der Waals surface area (Å²) in [5.41, 5.74) is 7.85. The van der Waals surface area contributed by atoms with Gasteiger partial charge in [0.2, 0.25) is 0 Å². The Balaban J connectivity index is 2.11. The van der Waals surface area contributed by atoms with Crippen molar-refractivity contribution in [2.75, 3.05) is 7.11 Å². The van der Waals surface area contributed by atoms with E-state index < -0.39 is 0 Å². The van der Waals surface area contributed by atoms with E-state index in [1.54, 1.807) is 11.8 Å².